The molecule has 1 aromatic carbocycles. The van der Waals surface area contributed by atoms with Crippen LogP contribution in [0.3, 0.4) is 0 Å². The molecule has 0 aliphatic carbocycles. The Balaban J connectivity index is 1.66. The number of carbonyl (C=O) groups is 2. The molecule has 0 saturated heterocycles. The highest BCUT2D eigenvalue weighted by atomic mass is 32.1. The van der Waals surface area contributed by atoms with E-state index in [1.165, 1.54) is 18.2 Å². The van der Waals surface area contributed by atoms with Gasteiger partial charge in [0.15, 0.2) is 6.61 Å². The normalized spacial score (nSPS) is 10.8. The SMILES string of the molecule is Cc1nn(C)c(C)c1NC(=O)COC(=O)c1cc2cc([N+](=O)[O-])ccc2s1. The number of aryl methyl sites for hydroxylation is 2. The largest absolute Gasteiger partial charge is 0.451 e. The summed E-state index contributed by atoms with van der Waals surface area (Å²) in [4.78, 5) is 34.8. The quantitative estimate of drug-likeness (QED) is 0.408. The van der Waals surface area contributed by atoms with Crippen molar-refractivity contribution in [2.24, 2.45) is 7.05 Å². The first-order valence-corrected chi connectivity index (χ1v) is 8.73. The Kier molecular flexibility index (Phi) is 4.91. The first-order chi connectivity index (χ1) is 12.8. The molecule has 0 saturated carbocycles. The van der Waals surface area contributed by atoms with Crippen molar-refractivity contribution in [3.63, 3.8) is 0 Å². The Morgan fingerprint density at radius 2 is 2.07 bits per heavy atom. The lowest BCUT2D eigenvalue weighted by molar-refractivity contribution is -0.384. The summed E-state index contributed by atoms with van der Waals surface area (Å²) in [5.41, 5.74) is 1.99. The van der Waals surface area contributed by atoms with Crippen LogP contribution in [0.2, 0.25) is 0 Å². The Hall–Kier alpha value is -3.27. The lowest BCUT2D eigenvalue weighted by Crippen LogP contribution is -2.21. The third-order valence-electron chi connectivity index (χ3n) is 4.02. The fourth-order valence-corrected chi connectivity index (χ4v) is 3.51. The number of anilines is 1. The van der Waals surface area contributed by atoms with Gasteiger partial charge in [0.25, 0.3) is 11.6 Å². The third kappa shape index (κ3) is 3.80. The molecule has 0 aliphatic heterocycles. The van der Waals surface area contributed by atoms with E-state index in [0.29, 0.717) is 16.8 Å². The van der Waals surface area contributed by atoms with E-state index in [1.807, 2.05) is 6.92 Å². The van der Waals surface area contributed by atoms with Gasteiger partial charge in [-0.1, -0.05) is 0 Å². The van der Waals surface area contributed by atoms with Gasteiger partial charge in [-0.2, -0.15) is 5.10 Å². The van der Waals surface area contributed by atoms with Crippen LogP contribution < -0.4 is 5.32 Å². The molecule has 9 nitrogen and oxygen atoms in total. The Morgan fingerprint density at radius 3 is 2.70 bits per heavy atom. The zero-order valence-electron chi connectivity index (χ0n) is 14.8. The van der Waals surface area contributed by atoms with Crippen LogP contribution >= 0.6 is 11.3 Å². The van der Waals surface area contributed by atoms with E-state index in [4.69, 9.17) is 4.74 Å². The monoisotopic (exact) mass is 388 g/mol. The van der Waals surface area contributed by atoms with Crippen LogP contribution in [0.4, 0.5) is 11.4 Å². The summed E-state index contributed by atoms with van der Waals surface area (Å²) < 4.78 is 7.42. The van der Waals surface area contributed by atoms with E-state index < -0.39 is 23.4 Å². The molecule has 0 spiro atoms. The number of hydrogen-bond acceptors (Lipinski definition) is 7. The van der Waals surface area contributed by atoms with Gasteiger partial charge < -0.3 is 10.1 Å². The molecule has 0 aliphatic rings. The minimum atomic E-state index is -0.659. The molecular weight excluding hydrogens is 372 g/mol. The van der Waals surface area contributed by atoms with Crippen molar-refractivity contribution in [3.8, 4) is 0 Å². The number of amides is 1. The summed E-state index contributed by atoms with van der Waals surface area (Å²) in [7, 11) is 1.77. The molecule has 3 aromatic rings. The number of ether oxygens (including phenoxy) is 1. The highest BCUT2D eigenvalue weighted by molar-refractivity contribution is 7.20. The number of fused-ring (bicyclic) bond motifs is 1. The minimum absolute atomic E-state index is 0.0539. The smallest absolute Gasteiger partial charge is 0.348 e. The molecule has 0 bridgehead atoms. The molecule has 0 atom stereocenters. The first kappa shape index (κ1) is 18.5. The highest BCUT2D eigenvalue weighted by Crippen LogP contribution is 2.29. The van der Waals surface area contributed by atoms with Gasteiger partial charge in [-0.25, -0.2) is 4.79 Å². The zero-order valence-corrected chi connectivity index (χ0v) is 15.6. The summed E-state index contributed by atoms with van der Waals surface area (Å²) in [5, 5.41) is 18.3. The molecule has 0 unspecified atom stereocenters. The fraction of sp³-hybridized carbons (Fsp3) is 0.235. The second-order valence-corrected chi connectivity index (χ2v) is 6.97. The number of non-ortho nitro benzene ring substituents is 1. The third-order valence-corrected chi connectivity index (χ3v) is 5.12. The molecule has 10 heteroatoms. The number of carbonyl (C=O) groups excluding carboxylic acids is 2. The number of nitro benzene ring substituents is 1. The van der Waals surface area contributed by atoms with Crippen LogP contribution in [0.1, 0.15) is 21.1 Å². The van der Waals surface area contributed by atoms with Crippen LogP contribution in [0.25, 0.3) is 10.1 Å². The molecule has 140 valence electrons. The molecule has 27 heavy (non-hydrogen) atoms. The standard InChI is InChI=1S/C17H16N4O5S/c1-9-16(10(2)20(3)19-9)18-15(22)8-26-17(23)14-7-11-6-12(21(24)25)4-5-13(11)27-14/h4-7H,8H2,1-3H3,(H,18,22). The Bertz CT molecular complexity index is 1070. The fourth-order valence-electron chi connectivity index (χ4n) is 2.58. The number of aromatic nitrogens is 2. The van der Waals surface area contributed by atoms with Gasteiger partial charge in [0.05, 0.1) is 22.0 Å². The van der Waals surface area contributed by atoms with Gasteiger partial charge in [-0.15, -0.1) is 11.3 Å². The highest BCUT2D eigenvalue weighted by Gasteiger charge is 2.17. The van der Waals surface area contributed by atoms with Crippen molar-refractivity contribution in [1.82, 2.24) is 9.78 Å². The van der Waals surface area contributed by atoms with E-state index in [9.17, 15) is 19.7 Å². The van der Waals surface area contributed by atoms with Crippen molar-refractivity contribution in [3.05, 3.63) is 50.6 Å². The average Bonchev–Trinajstić information content (AvgIpc) is 3.15. The van der Waals surface area contributed by atoms with Gasteiger partial charge >= 0.3 is 5.97 Å². The summed E-state index contributed by atoms with van der Waals surface area (Å²) in [6.07, 6.45) is 0. The van der Waals surface area contributed by atoms with Crippen LogP contribution in [0.5, 0.6) is 0 Å². The molecule has 0 fully saturated rings. The second kappa shape index (κ2) is 7.16. The minimum Gasteiger partial charge on any atom is -0.451 e. The maximum absolute atomic E-state index is 12.2. The lowest BCUT2D eigenvalue weighted by atomic mass is 10.2. The number of nitrogens with one attached hydrogen (secondary N) is 1. The van der Waals surface area contributed by atoms with Crippen molar-refractivity contribution in [1.29, 1.82) is 0 Å². The van der Waals surface area contributed by atoms with E-state index in [2.05, 4.69) is 10.4 Å². The van der Waals surface area contributed by atoms with Crippen molar-refractivity contribution in [2.75, 3.05) is 11.9 Å². The summed E-state index contributed by atoms with van der Waals surface area (Å²) in [6, 6.07) is 5.86. The van der Waals surface area contributed by atoms with Gasteiger partial charge in [-0.3, -0.25) is 19.6 Å². The van der Waals surface area contributed by atoms with Crippen molar-refractivity contribution in [2.45, 2.75) is 13.8 Å². The number of benzene rings is 1. The maximum Gasteiger partial charge on any atom is 0.348 e. The topological polar surface area (TPSA) is 116 Å². The molecule has 1 amide bonds. The molecule has 1 N–H and O–H groups in total. The Morgan fingerprint density at radius 1 is 1.33 bits per heavy atom. The summed E-state index contributed by atoms with van der Waals surface area (Å²) >= 11 is 1.15. The van der Waals surface area contributed by atoms with Crippen LogP contribution in [0.15, 0.2) is 24.3 Å². The van der Waals surface area contributed by atoms with Crippen molar-refractivity contribution < 1.29 is 19.2 Å². The number of hydrogen-bond donors (Lipinski definition) is 1. The van der Waals surface area contributed by atoms with Crippen LogP contribution in [-0.4, -0.2) is 33.2 Å². The summed E-state index contributed by atoms with van der Waals surface area (Å²) in [5.74, 6) is -1.13. The predicted molar refractivity (Wildman–Crippen MR) is 100 cm³/mol. The number of rotatable bonds is 5. The molecule has 2 heterocycles. The molecule has 2 aromatic heterocycles. The zero-order chi connectivity index (χ0) is 19.7. The molecule has 3 rings (SSSR count). The van der Waals surface area contributed by atoms with Crippen LogP contribution in [-0.2, 0) is 16.6 Å². The van der Waals surface area contributed by atoms with Gasteiger partial charge in [0.1, 0.15) is 4.88 Å². The Labute approximate surface area is 157 Å². The number of thiophene rings is 1. The second-order valence-electron chi connectivity index (χ2n) is 5.88. The van der Waals surface area contributed by atoms with E-state index >= 15 is 0 Å². The van der Waals surface area contributed by atoms with E-state index in [0.717, 1.165) is 21.7 Å². The van der Waals surface area contributed by atoms with Gasteiger partial charge in [0, 0.05) is 29.3 Å². The number of nitrogens with zero attached hydrogens (tertiary/aromatic N) is 3. The van der Waals surface area contributed by atoms with E-state index in [-0.39, 0.29) is 10.6 Å². The lowest BCUT2D eigenvalue weighted by Gasteiger charge is -2.06. The van der Waals surface area contributed by atoms with Crippen molar-refractivity contribution >= 4 is 44.7 Å². The predicted octanol–water partition coefficient (Wildman–Crippen LogP) is 2.96. The summed E-state index contributed by atoms with van der Waals surface area (Å²) in [6.45, 7) is 3.14. The number of esters is 1. The van der Waals surface area contributed by atoms with Gasteiger partial charge in [-0.05, 0) is 26.0 Å². The van der Waals surface area contributed by atoms with Gasteiger partial charge in [0.2, 0.25) is 0 Å². The maximum atomic E-state index is 12.2. The number of nitro groups is 1. The average molecular weight is 388 g/mol. The molecule has 0 radical (unpaired) electrons. The van der Waals surface area contributed by atoms with E-state index in [1.54, 1.807) is 24.7 Å². The van der Waals surface area contributed by atoms with Crippen LogP contribution in [0, 0.1) is 24.0 Å². The molecular formula is C17H16N4O5S. The first-order valence-electron chi connectivity index (χ1n) is 7.91.